The summed E-state index contributed by atoms with van der Waals surface area (Å²) in [6.45, 7) is -2.32. The molecule has 0 amide bonds. The summed E-state index contributed by atoms with van der Waals surface area (Å²) in [6.07, 6.45) is -9.81. The zero-order valence-electron chi connectivity index (χ0n) is 4.21. The molecule has 59 valence electrons. The molecule has 2 nitrogen and oxygen atoms in total. The summed E-state index contributed by atoms with van der Waals surface area (Å²) in [5.74, 6) is 0. The van der Waals surface area contributed by atoms with E-state index in [1.165, 1.54) is 0 Å². The van der Waals surface area contributed by atoms with Crippen LogP contribution in [0.1, 0.15) is 0 Å². The number of halogens is 5. The van der Waals surface area contributed by atoms with Crippen molar-refractivity contribution >= 4 is 0 Å². The summed E-state index contributed by atoms with van der Waals surface area (Å²) in [4.78, 5) is 0. The van der Waals surface area contributed by atoms with Crippen LogP contribution in [0, 0.1) is 6.54 Å². The zero-order valence-corrected chi connectivity index (χ0v) is 4.21. The molecule has 1 saturated heterocycles. The Morgan fingerprint density at radius 3 is 1.30 bits per heavy atom. The first kappa shape index (κ1) is 7.67. The van der Waals surface area contributed by atoms with Crippen molar-refractivity contribution in [2.75, 3.05) is 0 Å². The zero-order chi connectivity index (χ0) is 7.99. The van der Waals surface area contributed by atoms with Gasteiger partial charge in [-0.25, -0.2) is 9.47 Å². The maximum atomic E-state index is 11.6. The highest BCUT2D eigenvalue weighted by atomic mass is 19.3. The number of ether oxygens (including phenoxy) is 2. The summed E-state index contributed by atoms with van der Waals surface area (Å²) in [6, 6.07) is 0. The lowest BCUT2D eigenvalue weighted by molar-refractivity contribution is -0.344. The fourth-order valence-electron chi connectivity index (χ4n) is 0.341. The molecule has 1 fully saturated rings. The molecule has 0 aromatic rings. The Hall–Kier alpha value is -0.430. The second-order valence-electron chi connectivity index (χ2n) is 1.48. The molecule has 10 heavy (non-hydrogen) atoms. The summed E-state index contributed by atoms with van der Waals surface area (Å²) in [5, 5.41) is 0. The van der Waals surface area contributed by atoms with Gasteiger partial charge in [-0.2, -0.15) is 22.0 Å². The lowest BCUT2D eigenvalue weighted by atomic mass is 10.6. The van der Waals surface area contributed by atoms with Crippen molar-refractivity contribution < 1.29 is 31.4 Å². The highest BCUT2D eigenvalue weighted by Crippen LogP contribution is 2.46. The monoisotopic (exact) mass is 163 g/mol. The van der Waals surface area contributed by atoms with Crippen molar-refractivity contribution in [3.8, 4) is 0 Å². The Labute approximate surface area is 51.5 Å². The number of alkyl halides is 4. The smallest absolute Gasteiger partial charge is 0.245 e. The molecule has 1 radical (unpaired) electrons. The van der Waals surface area contributed by atoms with E-state index >= 15 is 0 Å². The minimum Gasteiger partial charge on any atom is -0.245 e. The predicted molar refractivity (Wildman–Crippen MR) is 16.4 cm³/mol. The molecule has 7 heteroatoms. The normalized spacial score (nSPS) is 30.9. The van der Waals surface area contributed by atoms with Crippen LogP contribution in [-0.2, 0) is 9.47 Å². The van der Waals surface area contributed by atoms with E-state index in [0.717, 1.165) is 0 Å². The molecule has 1 rings (SSSR count). The maximum absolute atomic E-state index is 11.6. The summed E-state index contributed by atoms with van der Waals surface area (Å²) in [5.41, 5.74) is 0. The van der Waals surface area contributed by atoms with Crippen LogP contribution in [0.3, 0.4) is 0 Å². The molecular weight excluding hydrogens is 163 g/mol. The van der Waals surface area contributed by atoms with Crippen molar-refractivity contribution in [2.24, 2.45) is 0 Å². The molecule has 0 unspecified atom stereocenters. The van der Waals surface area contributed by atoms with E-state index in [1.807, 2.05) is 0 Å². The molecular formula is C3F5O2. The molecule has 0 aromatic heterocycles. The van der Waals surface area contributed by atoms with Crippen LogP contribution < -0.4 is 0 Å². The van der Waals surface area contributed by atoms with Crippen molar-refractivity contribution in [3.05, 3.63) is 6.54 Å². The van der Waals surface area contributed by atoms with E-state index in [2.05, 4.69) is 9.47 Å². The minimum absolute atomic E-state index is 2.32. The van der Waals surface area contributed by atoms with Crippen LogP contribution in [0.4, 0.5) is 22.0 Å². The van der Waals surface area contributed by atoms with Gasteiger partial charge in [0.25, 0.3) is 0 Å². The highest BCUT2D eigenvalue weighted by Gasteiger charge is 2.69. The van der Waals surface area contributed by atoms with Gasteiger partial charge in [0.05, 0.1) is 0 Å². The van der Waals surface area contributed by atoms with Gasteiger partial charge >= 0.3 is 18.8 Å². The van der Waals surface area contributed by atoms with Crippen LogP contribution in [0.25, 0.3) is 0 Å². The van der Waals surface area contributed by atoms with Gasteiger partial charge in [0.15, 0.2) is 0 Å². The first-order chi connectivity index (χ1) is 4.35. The lowest BCUT2D eigenvalue weighted by Gasteiger charge is -2.11. The fraction of sp³-hybridized carbons (Fsp3) is 0.667. The van der Waals surface area contributed by atoms with E-state index in [9.17, 15) is 22.0 Å². The molecule has 0 aromatic carbocycles. The number of rotatable bonds is 0. The topological polar surface area (TPSA) is 18.5 Å². The third-order valence-electron chi connectivity index (χ3n) is 0.756. The fourth-order valence-corrected chi connectivity index (χ4v) is 0.341. The van der Waals surface area contributed by atoms with Gasteiger partial charge in [0.1, 0.15) is 0 Å². The first-order valence-electron chi connectivity index (χ1n) is 2.01. The molecule has 0 saturated carbocycles. The van der Waals surface area contributed by atoms with Gasteiger partial charge in [0, 0.05) is 0 Å². The van der Waals surface area contributed by atoms with Crippen molar-refractivity contribution in [1.82, 2.24) is 0 Å². The Bertz CT molecular complexity index is 130. The quantitative estimate of drug-likeness (QED) is 0.505. The molecule has 0 aliphatic carbocycles. The SMILES string of the molecule is F[C]1OC(F)(F)C(F)(F)O1. The van der Waals surface area contributed by atoms with Crippen LogP contribution in [-0.4, -0.2) is 12.2 Å². The van der Waals surface area contributed by atoms with Gasteiger partial charge in [-0.05, 0) is 0 Å². The third kappa shape index (κ3) is 0.948. The van der Waals surface area contributed by atoms with Crippen LogP contribution in [0.5, 0.6) is 0 Å². The van der Waals surface area contributed by atoms with Gasteiger partial charge in [-0.3, -0.25) is 0 Å². The van der Waals surface area contributed by atoms with Crippen molar-refractivity contribution in [3.63, 3.8) is 0 Å². The largest absolute Gasteiger partial charge is 0.453 e. The van der Waals surface area contributed by atoms with Gasteiger partial charge < -0.3 is 0 Å². The van der Waals surface area contributed by atoms with Crippen LogP contribution in [0.15, 0.2) is 0 Å². The van der Waals surface area contributed by atoms with Gasteiger partial charge in [-0.15, -0.1) is 0 Å². The molecule has 0 bridgehead atoms. The van der Waals surface area contributed by atoms with E-state index in [4.69, 9.17) is 0 Å². The van der Waals surface area contributed by atoms with E-state index in [0.29, 0.717) is 0 Å². The van der Waals surface area contributed by atoms with E-state index in [-0.39, 0.29) is 0 Å². The maximum Gasteiger partial charge on any atom is 0.453 e. The average molecular weight is 163 g/mol. The molecule has 0 spiro atoms. The van der Waals surface area contributed by atoms with Crippen molar-refractivity contribution in [2.45, 2.75) is 12.2 Å². The Morgan fingerprint density at radius 1 is 0.900 bits per heavy atom. The van der Waals surface area contributed by atoms with Gasteiger partial charge in [0.2, 0.25) is 0 Å². The molecule has 0 N–H and O–H groups in total. The third-order valence-corrected chi connectivity index (χ3v) is 0.756. The standard InChI is InChI=1S/C3F5O2/c4-1-9-2(5,6)3(7,8)10-1. The predicted octanol–water partition coefficient (Wildman–Crippen LogP) is 1.64. The summed E-state index contributed by atoms with van der Waals surface area (Å²) >= 11 is 0. The Morgan fingerprint density at radius 2 is 1.20 bits per heavy atom. The first-order valence-corrected chi connectivity index (χ1v) is 2.01. The van der Waals surface area contributed by atoms with E-state index < -0.39 is 18.8 Å². The van der Waals surface area contributed by atoms with Crippen LogP contribution in [0.2, 0.25) is 0 Å². The summed E-state index contributed by atoms with van der Waals surface area (Å²) in [7, 11) is 0. The molecule has 1 aliphatic heterocycles. The number of hydrogen-bond donors (Lipinski definition) is 0. The Balaban J connectivity index is 2.78. The summed E-state index contributed by atoms with van der Waals surface area (Å²) < 4.78 is 63.3. The van der Waals surface area contributed by atoms with Gasteiger partial charge in [-0.1, -0.05) is 0 Å². The molecule has 0 atom stereocenters. The lowest BCUT2D eigenvalue weighted by Crippen LogP contribution is -2.36. The Kier molecular flexibility index (Phi) is 1.37. The second kappa shape index (κ2) is 1.79. The highest BCUT2D eigenvalue weighted by molar-refractivity contribution is 4.77. The van der Waals surface area contributed by atoms with E-state index in [1.54, 1.807) is 0 Å². The molecule has 1 aliphatic rings. The average Bonchev–Trinajstić information content (AvgIpc) is 1.73. The van der Waals surface area contributed by atoms with Crippen molar-refractivity contribution in [1.29, 1.82) is 0 Å². The molecule has 1 heterocycles. The number of hydrogen-bond acceptors (Lipinski definition) is 2. The van der Waals surface area contributed by atoms with Crippen LogP contribution >= 0.6 is 0 Å². The second-order valence-corrected chi connectivity index (χ2v) is 1.48. The minimum atomic E-state index is -4.91.